The number of rotatable bonds is 2. The molecule has 1 radical (unpaired) electrons. The number of carboxylic acids is 2. The van der Waals surface area contributed by atoms with E-state index in [1.807, 2.05) is 0 Å². The van der Waals surface area contributed by atoms with E-state index in [2.05, 4.69) is 0 Å². The molecule has 0 spiro atoms. The standard InChI is InChI=1S/2C4H8O2.Rh/c2*1-3(2)4(5)6;/h2*3H,1-2H3,(H,5,6);/q;;+2/p-2. The van der Waals surface area contributed by atoms with Gasteiger partial charge in [-0.15, -0.1) is 0 Å². The molecule has 79 valence electrons. The van der Waals surface area contributed by atoms with Gasteiger partial charge in [-0.05, 0) is 11.8 Å². The molecular formula is C8H14O4Rh. The molecule has 0 heterocycles. The normalized spacial score (nSPS) is 8.46. The molecular weight excluding hydrogens is 263 g/mol. The molecule has 0 aromatic heterocycles. The molecule has 0 unspecified atom stereocenters. The van der Waals surface area contributed by atoms with E-state index in [1.165, 1.54) is 0 Å². The van der Waals surface area contributed by atoms with E-state index in [-0.39, 0.29) is 31.3 Å². The van der Waals surface area contributed by atoms with Crippen molar-refractivity contribution in [1.29, 1.82) is 0 Å². The predicted molar refractivity (Wildman–Crippen MR) is 39.7 cm³/mol. The van der Waals surface area contributed by atoms with Crippen molar-refractivity contribution < 1.29 is 39.3 Å². The van der Waals surface area contributed by atoms with Crippen molar-refractivity contribution in [2.24, 2.45) is 11.8 Å². The van der Waals surface area contributed by atoms with Crippen molar-refractivity contribution in [2.45, 2.75) is 27.7 Å². The second-order valence-corrected chi connectivity index (χ2v) is 2.95. The van der Waals surface area contributed by atoms with Crippen LogP contribution in [-0.2, 0) is 29.1 Å². The summed E-state index contributed by atoms with van der Waals surface area (Å²) in [5.74, 6) is -2.67. The van der Waals surface area contributed by atoms with Crippen LogP contribution in [-0.4, -0.2) is 11.9 Å². The molecule has 0 aliphatic carbocycles. The summed E-state index contributed by atoms with van der Waals surface area (Å²) in [4.78, 5) is 19.2. The zero-order valence-electron chi connectivity index (χ0n) is 8.12. The second-order valence-electron chi connectivity index (χ2n) is 2.95. The average molecular weight is 277 g/mol. The molecule has 0 aliphatic rings. The third-order valence-electron chi connectivity index (χ3n) is 0.943. The molecule has 0 saturated heterocycles. The molecule has 0 rings (SSSR count). The summed E-state index contributed by atoms with van der Waals surface area (Å²) in [6.45, 7) is 6.31. The summed E-state index contributed by atoms with van der Waals surface area (Å²) in [7, 11) is 0. The van der Waals surface area contributed by atoms with Gasteiger partial charge < -0.3 is 19.8 Å². The minimum Gasteiger partial charge on any atom is -0.550 e. The van der Waals surface area contributed by atoms with Crippen LogP contribution in [0.15, 0.2) is 0 Å². The molecule has 4 nitrogen and oxygen atoms in total. The van der Waals surface area contributed by atoms with Gasteiger partial charge in [-0.25, -0.2) is 0 Å². The number of aliphatic carboxylic acids is 2. The van der Waals surface area contributed by atoms with E-state index in [9.17, 15) is 19.8 Å². The van der Waals surface area contributed by atoms with Crippen molar-refractivity contribution in [1.82, 2.24) is 0 Å². The van der Waals surface area contributed by atoms with Crippen LogP contribution in [0.25, 0.3) is 0 Å². The molecule has 13 heavy (non-hydrogen) atoms. The smallest absolute Gasteiger partial charge is 0.550 e. The zero-order valence-corrected chi connectivity index (χ0v) is 9.76. The topological polar surface area (TPSA) is 80.3 Å². The van der Waals surface area contributed by atoms with Crippen LogP contribution in [0.2, 0.25) is 0 Å². The first-order valence-electron chi connectivity index (χ1n) is 3.70. The summed E-state index contributed by atoms with van der Waals surface area (Å²) >= 11 is 0. The number of hydrogen-bond donors (Lipinski definition) is 0. The Kier molecular flexibility index (Phi) is 13.6. The first-order valence-corrected chi connectivity index (χ1v) is 3.70. The van der Waals surface area contributed by atoms with E-state index in [4.69, 9.17) is 0 Å². The molecule has 0 amide bonds. The molecule has 0 aromatic carbocycles. The van der Waals surface area contributed by atoms with Gasteiger partial charge in [0.1, 0.15) is 0 Å². The Labute approximate surface area is 91.1 Å². The van der Waals surface area contributed by atoms with E-state index in [0.717, 1.165) is 0 Å². The van der Waals surface area contributed by atoms with Gasteiger partial charge in [-0.3, -0.25) is 0 Å². The predicted octanol–water partition coefficient (Wildman–Crippen LogP) is -1.22. The minimum atomic E-state index is -0.991. The van der Waals surface area contributed by atoms with Gasteiger partial charge in [0.2, 0.25) is 0 Å². The fourth-order valence-corrected chi connectivity index (χ4v) is 0. The zero-order chi connectivity index (χ0) is 10.3. The fraction of sp³-hybridized carbons (Fsp3) is 0.750. The Balaban J connectivity index is -0.000000143. The first kappa shape index (κ1) is 18.4. The Hall–Kier alpha value is -0.437. The van der Waals surface area contributed by atoms with E-state index >= 15 is 0 Å². The third kappa shape index (κ3) is 18.5. The van der Waals surface area contributed by atoms with Crippen LogP contribution in [0.1, 0.15) is 27.7 Å². The summed E-state index contributed by atoms with van der Waals surface area (Å²) in [6.07, 6.45) is 0. The van der Waals surface area contributed by atoms with Gasteiger partial charge in [-0.2, -0.15) is 0 Å². The number of hydrogen-bond acceptors (Lipinski definition) is 4. The molecule has 0 saturated carbocycles. The van der Waals surface area contributed by atoms with Gasteiger partial charge in [0.15, 0.2) is 0 Å². The number of carbonyl (C=O) groups is 2. The van der Waals surface area contributed by atoms with Gasteiger partial charge in [-0.1, -0.05) is 27.7 Å². The van der Waals surface area contributed by atoms with Crippen LogP contribution in [0.5, 0.6) is 0 Å². The van der Waals surface area contributed by atoms with Crippen LogP contribution in [0.4, 0.5) is 0 Å². The Bertz CT molecular complexity index is 136. The SMILES string of the molecule is CC(C)C(=O)[O-].CC(C)C(=O)[O-].[Rh+2]. The van der Waals surface area contributed by atoms with Gasteiger partial charge in [0, 0.05) is 11.9 Å². The van der Waals surface area contributed by atoms with Crippen molar-refractivity contribution in [3.63, 3.8) is 0 Å². The fourth-order valence-electron chi connectivity index (χ4n) is 0. The maximum absolute atomic E-state index is 9.59. The number of carbonyl (C=O) groups excluding carboxylic acids is 2. The van der Waals surface area contributed by atoms with Gasteiger partial charge in [0.25, 0.3) is 0 Å². The van der Waals surface area contributed by atoms with Crippen molar-refractivity contribution in [3.05, 3.63) is 0 Å². The van der Waals surface area contributed by atoms with Gasteiger partial charge in [0.05, 0.1) is 0 Å². The Morgan fingerprint density at radius 1 is 0.846 bits per heavy atom. The van der Waals surface area contributed by atoms with Crippen molar-refractivity contribution in [2.75, 3.05) is 0 Å². The van der Waals surface area contributed by atoms with Crippen molar-refractivity contribution in [3.8, 4) is 0 Å². The molecule has 0 bridgehead atoms. The monoisotopic (exact) mass is 277 g/mol. The molecule has 0 N–H and O–H groups in total. The molecule has 0 aromatic rings. The third-order valence-corrected chi connectivity index (χ3v) is 0.943. The molecule has 0 aliphatic heterocycles. The van der Waals surface area contributed by atoms with E-state index < -0.39 is 11.9 Å². The van der Waals surface area contributed by atoms with E-state index in [0.29, 0.717) is 0 Å². The van der Waals surface area contributed by atoms with Crippen molar-refractivity contribution >= 4 is 11.9 Å². The minimum absolute atomic E-state index is 0. The summed E-state index contributed by atoms with van der Waals surface area (Å²) in [5.41, 5.74) is 0. The van der Waals surface area contributed by atoms with Gasteiger partial charge >= 0.3 is 19.5 Å². The van der Waals surface area contributed by atoms with Crippen LogP contribution in [0, 0.1) is 11.8 Å². The maximum atomic E-state index is 9.59. The summed E-state index contributed by atoms with van der Waals surface area (Å²) < 4.78 is 0. The Morgan fingerprint density at radius 2 is 0.923 bits per heavy atom. The van der Waals surface area contributed by atoms with Crippen LogP contribution in [0.3, 0.4) is 0 Å². The molecule has 0 fully saturated rings. The van der Waals surface area contributed by atoms with Crippen LogP contribution < -0.4 is 10.2 Å². The van der Waals surface area contributed by atoms with Crippen LogP contribution >= 0.6 is 0 Å². The maximum Gasteiger partial charge on any atom is 2.00 e. The average Bonchev–Trinajstić information content (AvgIpc) is 1.88. The number of carboxylic acid groups (broad SMARTS) is 2. The summed E-state index contributed by atoms with van der Waals surface area (Å²) in [6, 6.07) is 0. The summed E-state index contributed by atoms with van der Waals surface area (Å²) in [5, 5.41) is 19.2. The molecule has 5 heteroatoms. The quantitative estimate of drug-likeness (QED) is 0.593. The molecule has 0 atom stereocenters. The van der Waals surface area contributed by atoms with E-state index in [1.54, 1.807) is 27.7 Å². The second kappa shape index (κ2) is 9.65. The first-order chi connectivity index (χ1) is 5.29. The Morgan fingerprint density at radius 3 is 0.923 bits per heavy atom. The largest absolute Gasteiger partial charge is 2.00 e.